The van der Waals surface area contributed by atoms with Crippen LogP contribution in [0.1, 0.15) is 23.6 Å². The van der Waals surface area contributed by atoms with Gasteiger partial charge in [-0.3, -0.25) is 9.69 Å². The summed E-state index contributed by atoms with van der Waals surface area (Å²) < 4.78 is 11.6. The molecule has 0 bridgehead atoms. The van der Waals surface area contributed by atoms with E-state index in [0.717, 1.165) is 16.0 Å². The van der Waals surface area contributed by atoms with E-state index in [1.54, 1.807) is 18.2 Å². The summed E-state index contributed by atoms with van der Waals surface area (Å²) in [7, 11) is 0. The van der Waals surface area contributed by atoms with E-state index in [0.29, 0.717) is 24.7 Å². The number of benzene rings is 2. The molecule has 6 heteroatoms. The largest absolute Gasteiger partial charge is 0.490 e. The van der Waals surface area contributed by atoms with Gasteiger partial charge in [0.05, 0.1) is 6.61 Å². The first-order valence-corrected chi connectivity index (χ1v) is 9.42. The number of amides is 3. The van der Waals surface area contributed by atoms with Gasteiger partial charge >= 0.3 is 6.03 Å². The third-order valence-corrected chi connectivity index (χ3v) is 4.37. The first-order chi connectivity index (χ1) is 14.0. The lowest BCUT2D eigenvalue weighted by atomic mass is 10.1. The second-order valence-electron chi connectivity index (χ2n) is 6.61. The molecule has 0 aliphatic carbocycles. The van der Waals surface area contributed by atoms with Crippen molar-refractivity contribution in [3.8, 4) is 11.5 Å². The summed E-state index contributed by atoms with van der Waals surface area (Å²) in [5, 5.41) is 2.58. The van der Waals surface area contributed by atoms with Gasteiger partial charge in [0, 0.05) is 6.54 Å². The minimum absolute atomic E-state index is 0.165. The molecule has 3 rings (SSSR count). The number of rotatable bonds is 8. The van der Waals surface area contributed by atoms with E-state index in [9.17, 15) is 9.59 Å². The second-order valence-corrected chi connectivity index (χ2v) is 6.61. The Morgan fingerprint density at radius 2 is 1.83 bits per heavy atom. The molecule has 2 aromatic carbocycles. The lowest BCUT2D eigenvalue weighted by Crippen LogP contribution is -2.30. The summed E-state index contributed by atoms with van der Waals surface area (Å²) in [6.45, 7) is 8.56. The van der Waals surface area contributed by atoms with Crippen molar-refractivity contribution in [2.24, 2.45) is 0 Å². The zero-order chi connectivity index (χ0) is 20.8. The van der Waals surface area contributed by atoms with E-state index < -0.39 is 6.03 Å². The van der Waals surface area contributed by atoms with Crippen molar-refractivity contribution >= 4 is 18.0 Å². The molecule has 0 saturated carbocycles. The Morgan fingerprint density at radius 3 is 2.52 bits per heavy atom. The van der Waals surface area contributed by atoms with Gasteiger partial charge in [-0.25, -0.2) is 4.79 Å². The lowest BCUT2D eigenvalue weighted by molar-refractivity contribution is -0.122. The fourth-order valence-electron chi connectivity index (χ4n) is 2.88. The highest BCUT2D eigenvalue weighted by Gasteiger charge is 2.32. The molecule has 29 heavy (non-hydrogen) atoms. The number of nitrogens with zero attached hydrogens (tertiary/aromatic N) is 1. The van der Waals surface area contributed by atoms with Crippen LogP contribution in [0.4, 0.5) is 4.79 Å². The van der Waals surface area contributed by atoms with E-state index in [4.69, 9.17) is 9.47 Å². The molecule has 2 aromatic rings. The highest BCUT2D eigenvalue weighted by atomic mass is 16.5. The molecule has 0 atom stereocenters. The summed E-state index contributed by atoms with van der Waals surface area (Å²) >= 11 is 0. The number of carbonyl (C=O) groups excluding carboxylic acids is 2. The summed E-state index contributed by atoms with van der Waals surface area (Å²) in [6.07, 6.45) is 3.13. The summed E-state index contributed by atoms with van der Waals surface area (Å²) in [5.41, 5.74) is 3.19. The van der Waals surface area contributed by atoms with Crippen LogP contribution < -0.4 is 14.8 Å². The molecular formula is C23H24N2O4. The highest BCUT2D eigenvalue weighted by molar-refractivity contribution is 6.14. The van der Waals surface area contributed by atoms with Crippen molar-refractivity contribution in [1.29, 1.82) is 0 Å². The van der Waals surface area contributed by atoms with Gasteiger partial charge in [-0.15, -0.1) is 6.58 Å². The quantitative estimate of drug-likeness (QED) is 0.418. The van der Waals surface area contributed by atoms with Crippen LogP contribution >= 0.6 is 0 Å². The molecule has 0 radical (unpaired) electrons. The van der Waals surface area contributed by atoms with E-state index >= 15 is 0 Å². The number of carbonyl (C=O) groups is 2. The topological polar surface area (TPSA) is 67.9 Å². The monoisotopic (exact) mass is 392 g/mol. The van der Waals surface area contributed by atoms with Crippen molar-refractivity contribution < 1.29 is 19.1 Å². The zero-order valence-electron chi connectivity index (χ0n) is 16.6. The van der Waals surface area contributed by atoms with E-state index in [2.05, 4.69) is 11.9 Å². The first-order valence-electron chi connectivity index (χ1n) is 9.42. The average molecular weight is 392 g/mol. The maximum Gasteiger partial charge on any atom is 0.329 e. The Morgan fingerprint density at radius 1 is 1.07 bits per heavy atom. The molecule has 150 valence electrons. The van der Waals surface area contributed by atoms with E-state index in [1.807, 2.05) is 44.2 Å². The van der Waals surface area contributed by atoms with Crippen LogP contribution in [0.2, 0.25) is 0 Å². The molecule has 3 amide bonds. The Kier molecular flexibility index (Phi) is 6.34. The molecule has 0 aromatic heterocycles. The predicted molar refractivity (Wildman–Crippen MR) is 112 cm³/mol. The molecule has 1 aliphatic heterocycles. The van der Waals surface area contributed by atoms with Crippen molar-refractivity contribution in [2.45, 2.75) is 20.5 Å². The number of nitrogens with one attached hydrogen (secondary N) is 1. The van der Waals surface area contributed by atoms with Crippen LogP contribution in [0.3, 0.4) is 0 Å². The Labute approximate surface area is 170 Å². The number of hydrogen-bond acceptors (Lipinski definition) is 4. The molecular weight excluding hydrogens is 368 g/mol. The van der Waals surface area contributed by atoms with Crippen LogP contribution in [-0.4, -0.2) is 30.0 Å². The maximum atomic E-state index is 12.3. The third kappa shape index (κ3) is 4.85. The Bertz CT molecular complexity index is 948. The first kappa shape index (κ1) is 20.2. The molecule has 1 saturated heterocycles. The van der Waals surface area contributed by atoms with Crippen LogP contribution in [0.15, 0.2) is 60.8 Å². The molecule has 1 N–H and O–H groups in total. The standard InChI is InChI=1S/C23H24N2O4/c1-4-12-25-22(26)19(24-23(25)27)13-18-10-11-20(21(14-18)28-5-2)29-15-17-8-6-16(3)7-9-17/h4,6-11,13-14H,1,5,12,15H2,2-3H3,(H,24,27)/b19-13+. The number of aryl methyl sites for hydroxylation is 1. The van der Waals surface area contributed by atoms with Gasteiger partial charge in [0.15, 0.2) is 11.5 Å². The lowest BCUT2D eigenvalue weighted by Gasteiger charge is -2.13. The number of imide groups is 1. The third-order valence-electron chi connectivity index (χ3n) is 4.37. The number of hydrogen-bond donors (Lipinski definition) is 1. The van der Waals surface area contributed by atoms with Crippen LogP contribution in [0.5, 0.6) is 11.5 Å². The average Bonchev–Trinajstić information content (AvgIpc) is 2.97. The zero-order valence-corrected chi connectivity index (χ0v) is 16.6. The van der Waals surface area contributed by atoms with Crippen LogP contribution in [-0.2, 0) is 11.4 Å². The van der Waals surface area contributed by atoms with Crippen molar-refractivity contribution in [3.63, 3.8) is 0 Å². The van der Waals surface area contributed by atoms with Gasteiger partial charge in [-0.05, 0) is 43.2 Å². The fraction of sp³-hybridized carbons (Fsp3) is 0.217. The minimum Gasteiger partial charge on any atom is -0.490 e. The van der Waals surface area contributed by atoms with Crippen LogP contribution in [0, 0.1) is 6.92 Å². The predicted octanol–water partition coefficient (Wildman–Crippen LogP) is 4.05. The molecule has 0 unspecified atom stereocenters. The number of ether oxygens (including phenoxy) is 2. The van der Waals surface area contributed by atoms with Gasteiger partial charge in [0.1, 0.15) is 12.3 Å². The highest BCUT2D eigenvalue weighted by Crippen LogP contribution is 2.30. The second kappa shape index (κ2) is 9.10. The van der Waals surface area contributed by atoms with Gasteiger partial charge < -0.3 is 14.8 Å². The smallest absolute Gasteiger partial charge is 0.329 e. The van der Waals surface area contributed by atoms with Gasteiger partial charge in [0.25, 0.3) is 5.91 Å². The Hall–Kier alpha value is -3.54. The van der Waals surface area contributed by atoms with Crippen molar-refractivity contribution in [1.82, 2.24) is 10.2 Å². The summed E-state index contributed by atoms with van der Waals surface area (Å²) in [5.74, 6) is 0.811. The van der Waals surface area contributed by atoms with Gasteiger partial charge in [-0.1, -0.05) is 42.0 Å². The van der Waals surface area contributed by atoms with E-state index in [1.165, 1.54) is 11.6 Å². The van der Waals surface area contributed by atoms with E-state index in [-0.39, 0.29) is 18.1 Å². The van der Waals surface area contributed by atoms with Crippen molar-refractivity contribution in [3.05, 3.63) is 77.5 Å². The molecule has 1 fully saturated rings. The Balaban J connectivity index is 1.78. The molecule has 1 aliphatic rings. The van der Waals surface area contributed by atoms with Gasteiger partial charge in [0.2, 0.25) is 0 Å². The molecule has 1 heterocycles. The molecule has 6 nitrogen and oxygen atoms in total. The summed E-state index contributed by atoms with van der Waals surface area (Å²) in [6, 6.07) is 13.1. The van der Waals surface area contributed by atoms with Crippen LogP contribution in [0.25, 0.3) is 6.08 Å². The fourth-order valence-corrected chi connectivity index (χ4v) is 2.88. The number of urea groups is 1. The van der Waals surface area contributed by atoms with Gasteiger partial charge in [-0.2, -0.15) is 0 Å². The van der Waals surface area contributed by atoms with Crippen molar-refractivity contribution in [2.75, 3.05) is 13.2 Å². The maximum absolute atomic E-state index is 12.3. The minimum atomic E-state index is -0.454. The summed E-state index contributed by atoms with van der Waals surface area (Å²) in [4.78, 5) is 25.3. The molecule has 0 spiro atoms. The normalized spacial score (nSPS) is 14.8. The SMILES string of the molecule is C=CCN1C(=O)N/C(=C/c2ccc(OCc3ccc(C)cc3)c(OCC)c2)C1=O.